The average molecular weight is 309 g/mol. The first-order valence-electron chi connectivity index (χ1n) is 9.40. The van der Waals surface area contributed by atoms with Crippen LogP contribution in [0.2, 0.25) is 0 Å². The lowest BCUT2D eigenvalue weighted by atomic mass is 9.90. The molecular weight excluding hydrogens is 272 g/mol. The Labute approximate surface area is 137 Å². The van der Waals surface area contributed by atoms with Crippen LogP contribution in [0.1, 0.15) is 105 Å². The van der Waals surface area contributed by atoms with Crippen LogP contribution < -0.4 is 0 Å². The first kappa shape index (κ1) is 21.1. The van der Waals surface area contributed by atoms with Crippen LogP contribution in [0.4, 0.5) is 0 Å². The topological polar surface area (TPSA) is 34.1 Å². The summed E-state index contributed by atoms with van der Waals surface area (Å²) >= 11 is 0. The highest BCUT2D eigenvalue weighted by Crippen LogP contribution is 2.23. The van der Waals surface area contributed by atoms with E-state index >= 15 is 0 Å². The number of rotatable bonds is 14. The Kier molecular flexibility index (Phi) is 13.1. The summed E-state index contributed by atoms with van der Waals surface area (Å²) in [5.74, 6) is 0.368. The maximum Gasteiger partial charge on any atom is 0.158 e. The van der Waals surface area contributed by atoms with Crippen molar-refractivity contribution in [2.45, 2.75) is 105 Å². The van der Waals surface area contributed by atoms with E-state index in [2.05, 4.69) is 13.8 Å². The molecule has 0 rings (SSSR count). The van der Waals surface area contributed by atoms with Crippen molar-refractivity contribution < 1.29 is 9.59 Å². The number of ketones is 2. The summed E-state index contributed by atoms with van der Waals surface area (Å²) in [7, 11) is 0. The molecule has 0 unspecified atom stereocenters. The van der Waals surface area contributed by atoms with Gasteiger partial charge in [0.25, 0.3) is 0 Å². The molecule has 0 aliphatic carbocycles. The molecule has 0 aromatic heterocycles. The average Bonchev–Trinajstić information content (AvgIpc) is 2.54. The maximum absolute atomic E-state index is 12.3. The van der Waals surface area contributed by atoms with Crippen LogP contribution in [0.5, 0.6) is 0 Å². The molecule has 0 aliphatic heterocycles. The van der Waals surface area contributed by atoms with Gasteiger partial charge < -0.3 is 0 Å². The van der Waals surface area contributed by atoms with Gasteiger partial charge in [-0.05, 0) is 25.7 Å². The summed E-state index contributed by atoms with van der Waals surface area (Å²) in [5.41, 5.74) is 1.70. The maximum atomic E-state index is 12.3. The molecule has 0 fully saturated rings. The van der Waals surface area contributed by atoms with Gasteiger partial charge in [-0.2, -0.15) is 0 Å². The van der Waals surface area contributed by atoms with E-state index in [4.69, 9.17) is 0 Å². The molecule has 0 atom stereocenters. The van der Waals surface area contributed by atoms with Gasteiger partial charge in [0.15, 0.2) is 11.6 Å². The highest BCUT2D eigenvalue weighted by Gasteiger charge is 2.18. The van der Waals surface area contributed by atoms with Crippen molar-refractivity contribution in [1.82, 2.24) is 0 Å². The van der Waals surface area contributed by atoms with Gasteiger partial charge in [0.05, 0.1) is 0 Å². The zero-order valence-corrected chi connectivity index (χ0v) is 15.3. The predicted molar refractivity (Wildman–Crippen MR) is 95.1 cm³/mol. The first-order valence-corrected chi connectivity index (χ1v) is 9.40. The van der Waals surface area contributed by atoms with E-state index < -0.39 is 0 Å². The van der Waals surface area contributed by atoms with Gasteiger partial charge in [0.1, 0.15) is 0 Å². The largest absolute Gasteiger partial charge is 0.295 e. The number of hydrogen-bond acceptors (Lipinski definition) is 2. The standard InChI is InChI=1S/C20H36O2/c1-5-9-11-13-15-17(19(21)7-3)18(20(22)8-4)16-14-12-10-6-2/h5-16H2,1-4H3. The monoisotopic (exact) mass is 308 g/mol. The minimum atomic E-state index is 0.184. The SMILES string of the molecule is CCCCCCC(C(=O)CC)=C(CCCCCC)C(=O)CC. The third-order valence-electron chi connectivity index (χ3n) is 4.24. The van der Waals surface area contributed by atoms with Gasteiger partial charge in [-0.25, -0.2) is 0 Å². The number of carbonyl (C=O) groups excluding carboxylic acids is 2. The van der Waals surface area contributed by atoms with Crippen molar-refractivity contribution in [3.8, 4) is 0 Å². The summed E-state index contributed by atoms with van der Waals surface area (Å²) in [6.07, 6.45) is 11.8. The Balaban J connectivity index is 5.01. The van der Waals surface area contributed by atoms with Crippen LogP contribution in [0.25, 0.3) is 0 Å². The molecule has 0 aromatic rings. The van der Waals surface area contributed by atoms with Crippen LogP contribution in [-0.4, -0.2) is 11.6 Å². The molecule has 0 saturated carbocycles. The number of carbonyl (C=O) groups is 2. The van der Waals surface area contributed by atoms with Crippen molar-refractivity contribution in [1.29, 1.82) is 0 Å². The third-order valence-corrected chi connectivity index (χ3v) is 4.24. The van der Waals surface area contributed by atoms with Crippen molar-refractivity contribution >= 4 is 11.6 Å². The molecular formula is C20H36O2. The van der Waals surface area contributed by atoms with E-state index in [0.29, 0.717) is 12.8 Å². The molecule has 0 N–H and O–H groups in total. The Bertz CT molecular complexity index is 319. The fraction of sp³-hybridized carbons (Fsp3) is 0.800. The van der Waals surface area contributed by atoms with E-state index in [1.165, 1.54) is 25.7 Å². The zero-order valence-electron chi connectivity index (χ0n) is 15.3. The quantitative estimate of drug-likeness (QED) is 0.283. The van der Waals surface area contributed by atoms with Crippen molar-refractivity contribution in [3.63, 3.8) is 0 Å². The molecule has 0 aliphatic rings. The third kappa shape index (κ3) is 8.51. The molecule has 2 heteroatoms. The lowest BCUT2D eigenvalue weighted by Crippen LogP contribution is -2.12. The second-order valence-corrected chi connectivity index (χ2v) is 6.13. The van der Waals surface area contributed by atoms with Crippen LogP contribution in [0.15, 0.2) is 11.1 Å². The van der Waals surface area contributed by atoms with Gasteiger partial charge >= 0.3 is 0 Å². The summed E-state index contributed by atoms with van der Waals surface area (Å²) in [4.78, 5) is 24.6. The number of Topliss-reactive ketones (excluding diaryl/α,β-unsaturated/α-hetero) is 2. The van der Waals surface area contributed by atoms with Crippen LogP contribution in [0, 0.1) is 0 Å². The highest BCUT2D eigenvalue weighted by atomic mass is 16.1. The Morgan fingerprint density at radius 3 is 1.18 bits per heavy atom. The Morgan fingerprint density at radius 2 is 0.909 bits per heavy atom. The summed E-state index contributed by atoms with van der Waals surface area (Å²) in [6, 6.07) is 0. The van der Waals surface area contributed by atoms with E-state index in [9.17, 15) is 9.59 Å². The van der Waals surface area contributed by atoms with Crippen molar-refractivity contribution in [2.75, 3.05) is 0 Å². The van der Waals surface area contributed by atoms with Crippen LogP contribution >= 0.6 is 0 Å². The van der Waals surface area contributed by atoms with E-state index in [-0.39, 0.29) is 11.6 Å². The van der Waals surface area contributed by atoms with Crippen LogP contribution in [0.3, 0.4) is 0 Å². The van der Waals surface area contributed by atoms with Gasteiger partial charge in [0, 0.05) is 24.0 Å². The lowest BCUT2D eigenvalue weighted by Gasteiger charge is -2.13. The zero-order chi connectivity index (χ0) is 16.8. The van der Waals surface area contributed by atoms with Gasteiger partial charge in [0.2, 0.25) is 0 Å². The highest BCUT2D eigenvalue weighted by molar-refractivity contribution is 6.06. The number of hydrogen-bond donors (Lipinski definition) is 0. The normalized spacial score (nSPS) is 12.2. The Hall–Kier alpha value is -0.920. The van der Waals surface area contributed by atoms with E-state index in [0.717, 1.165) is 49.7 Å². The minimum absolute atomic E-state index is 0.184. The van der Waals surface area contributed by atoms with E-state index in [1.807, 2.05) is 13.8 Å². The molecule has 128 valence electrons. The second kappa shape index (κ2) is 13.7. The van der Waals surface area contributed by atoms with Gasteiger partial charge in [-0.15, -0.1) is 0 Å². The lowest BCUT2D eigenvalue weighted by molar-refractivity contribution is -0.118. The molecule has 0 spiro atoms. The molecule has 22 heavy (non-hydrogen) atoms. The molecule has 2 nitrogen and oxygen atoms in total. The molecule has 0 bridgehead atoms. The summed E-state index contributed by atoms with van der Waals surface area (Å²) < 4.78 is 0. The molecule has 0 heterocycles. The predicted octanol–water partition coefficient (Wildman–Crippen LogP) is 6.18. The van der Waals surface area contributed by atoms with Crippen molar-refractivity contribution in [2.24, 2.45) is 0 Å². The Morgan fingerprint density at radius 1 is 0.545 bits per heavy atom. The molecule has 0 radical (unpaired) electrons. The fourth-order valence-electron chi connectivity index (χ4n) is 2.80. The second-order valence-electron chi connectivity index (χ2n) is 6.13. The molecule has 0 amide bonds. The fourth-order valence-corrected chi connectivity index (χ4v) is 2.80. The van der Waals surface area contributed by atoms with Crippen molar-refractivity contribution in [3.05, 3.63) is 11.1 Å². The minimum Gasteiger partial charge on any atom is -0.295 e. The summed E-state index contributed by atoms with van der Waals surface area (Å²) in [6.45, 7) is 8.18. The number of unbranched alkanes of at least 4 members (excludes halogenated alkanes) is 6. The summed E-state index contributed by atoms with van der Waals surface area (Å²) in [5, 5.41) is 0. The number of allylic oxidation sites excluding steroid dienone is 2. The van der Waals surface area contributed by atoms with Gasteiger partial charge in [-0.3, -0.25) is 9.59 Å². The van der Waals surface area contributed by atoms with E-state index in [1.54, 1.807) is 0 Å². The molecule has 0 saturated heterocycles. The smallest absolute Gasteiger partial charge is 0.158 e. The van der Waals surface area contributed by atoms with Gasteiger partial charge in [-0.1, -0.05) is 66.2 Å². The molecule has 0 aromatic carbocycles. The first-order chi connectivity index (χ1) is 10.6. The van der Waals surface area contributed by atoms with Crippen LogP contribution in [-0.2, 0) is 9.59 Å².